The van der Waals surface area contributed by atoms with Crippen molar-refractivity contribution in [3.8, 4) is 0 Å². The molecule has 15 heavy (non-hydrogen) atoms. The molecular formula is C11H26N4. The molecule has 0 amide bonds. The Labute approximate surface area is 94.0 Å². The van der Waals surface area contributed by atoms with Gasteiger partial charge in [0.25, 0.3) is 0 Å². The van der Waals surface area contributed by atoms with Gasteiger partial charge in [-0.15, -0.1) is 0 Å². The fourth-order valence-corrected chi connectivity index (χ4v) is 2.32. The van der Waals surface area contributed by atoms with E-state index < -0.39 is 0 Å². The second-order valence-electron chi connectivity index (χ2n) is 5.00. The third-order valence-electron chi connectivity index (χ3n) is 3.21. The molecule has 90 valence electrons. The van der Waals surface area contributed by atoms with Gasteiger partial charge in [-0.2, -0.15) is 0 Å². The standard InChI is InChI=1S/C11H26N4/c1-10(7-12)15-6-5-14(4)9-11(15)8-13(2)3/h10-11H,5-9,12H2,1-4H3. The number of piperazine rings is 1. The summed E-state index contributed by atoms with van der Waals surface area (Å²) in [6.07, 6.45) is 0. The van der Waals surface area contributed by atoms with Gasteiger partial charge < -0.3 is 15.5 Å². The van der Waals surface area contributed by atoms with Crippen LogP contribution in [0.4, 0.5) is 0 Å². The van der Waals surface area contributed by atoms with Crippen molar-refractivity contribution in [1.82, 2.24) is 14.7 Å². The zero-order chi connectivity index (χ0) is 11.4. The topological polar surface area (TPSA) is 35.7 Å². The molecule has 1 aliphatic heterocycles. The van der Waals surface area contributed by atoms with Gasteiger partial charge in [-0.1, -0.05) is 0 Å². The lowest BCUT2D eigenvalue weighted by atomic mass is 10.1. The Bertz CT molecular complexity index is 181. The van der Waals surface area contributed by atoms with Crippen molar-refractivity contribution in [2.24, 2.45) is 5.73 Å². The predicted octanol–water partition coefficient (Wildman–Crippen LogP) is -0.489. The van der Waals surface area contributed by atoms with Gasteiger partial charge in [-0.3, -0.25) is 4.90 Å². The summed E-state index contributed by atoms with van der Waals surface area (Å²) in [4.78, 5) is 7.23. The van der Waals surface area contributed by atoms with Crippen LogP contribution in [-0.4, -0.2) is 80.7 Å². The summed E-state index contributed by atoms with van der Waals surface area (Å²) >= 11 is 0. The highest BCUT2D eigenvalue weighted by Gasteiger charge is 2.28. The third-order valence-corrected chi connectivity index (χ3v) is 3.21. The Kier molecular flexibility index (Phi) is 4.99. The Morgan fingerprint density at radius 2 is 2.07 bits per heavy atom. The van der Waals surface area contributed by atoms with Crippen LogP contribution in [0.1, 0.15) is 6.92 Å². The van der Waals surface area contributed by atoms with E-state index in [-0.39, 0.29) is 0 Å². The van der Waals surface area contributed by atoms with Gasteiger partial charge in [-0.05, 0) is 28.1 Å². The summed E-state index contributed by atoms with van der Waals surface area (Å²) in [6, 6.07) is 1.13. The molecule has 0 aliphatic carbocycles. The molecule has 1 fully saturated rings. The molecular weight excluding hydrogens is 188 g/mol. The van der Waals surface area contributed by atoms with Gasteiger partial charge in [-0.25, -0.2) is 0 Å². The number of hydrogen-bond acceptors (Lipinski definition) is 4. The Balaban J connectivity index is 2.57. The summed E-state index contributed by atoms with van der Waals surface area (Å²) in [6.45, 7) is 7.57. The molecule has 1 rings (SSSR count). The van der Waals surface area contributed by atoms with Crippen LogP contribution in [0.5, 0.6) is 0 Å². The summed E-state index contributed by atoms with van der Waals surface area (Å²) in [5.41, 5.74) is 5.76. The summed E-state index contributed by atoms with van der Waals surface area (Å²) in [7, 11) is 6.48. The number of nitrogens with zero attached hydrogens (tertiary/aromatic N) is 3. The summed E-state index contributed by atoms with van der Waals surface area (Å²) < 4.78 is 0. The van der Waals surface area contributed by atoms with Crippen molar-refractivity contribution < 1.29 is 0 Å². The van der Waals surface area contributed by atoms with E-state index in [2.05, 4.69) is 42.8 Å². The highest BCUT2D eigenvalue weighted by Crippen LogP contribution is 2.12. The molecule has 2 unspecified atom stereocenters. The zero-order valence-electron chi connectivity index (χ0n) is 10.6. The molecule has 0 saturated carbocycles. The minimum absolute atomic E-state index is 0.503. The van der Waals surface area contributed by atoms with Crippen molar-refractivity contribution in [3.63, 3.8) is 0 Å². The average Bonchev–Trinajstić information content (AvgIpc) is 2.16. The van der Waals surface area contributed by atoms with E-state index in [1.807, 2.05) is 0 Å². The van der Waals surface area contributed by atoms with E-state index in [9.17, 15) is 0 Å². The summed E-state index contributed by atoms with van der Waals surface area (Å²) in [5.74, 6) is 0. The normalized spacial score (nSPS) is 27.2. The molecule has 2 atom stereocenters. The van der Waals surface area contributed by atoms with Crippen LogP contribution in [0, 0.1) is 0 Å². The van der Waals surface area contributed by atoms with Crippen molar-refractivity contribution in [2.45, 2.75) is 19.0 Å². The largest absolute Gasteiger partial charge is 0.329 e. The highest BCUT2D eigenvalue weighted by molar-refractivity contribution is 4.85. The molecule has 4 nitrogen and oxygen atoms in total. The Hall–Kier alpha value is -0.160. The Morgan fingerprint density at radius 3 is 2.60 bits per heavy atom. The van der Waals surface area contributed by atoms with Crippen LogP contribution in [0.15, 0.2) is 0 Å². The van der Waals surface area contributed by atoms with E-state index in [1.165, 1.54) is 0 Å². The quantitative estimate of drug-likeness (QED) is 0.685. The highest BCUT2D eigenvalue weighted by atomic mass is 15.3. The van der Waals surface area contributed by atoms with Crippen molar-refractivity contribution in [2.75, 3.05) is 53.9 Å². The van der Waals surface area contributed by atoms with Gasteiger partial charge in [0.2, 0.25) is 0 Å². The predicted molar refractivity (Wildman–Crippen MR) is 65.1 cm³/mol. The Morgan fingerprint density at radius 1 is 1.40 bits per heavy atom. The lowest BCUT2D eigenvalue weighted by Gasteiger charge is -2.44. The van der Waals surface area contributed by atoms with Crippen LogP contribution in [-0.2, 0) is 0 Å². The first kappa shape index (κ1) is 12.9. The monoisotopic (exact) mass is 214 g/mol. The van der Waals surface area contributed by atoms with Crippen LogP contribution in [0.2, 0.25) is 0 Å². The maximum Gasteiger partial charge on any atom is 0.0353 e. The molecule has 0 aromatic rings. The fraction of sp³-hybridized carbons (Fsp3) is 1.00. The molecule has 0 bridgehead atoms. The molecule has 0 spiro atoms. The van der Waals surface area contributed by atoms with Crippen LogP contribution in [0.25, 0.3) is 0 Å². The molecule has 1 heterocycles. The zero-order valence-corrected chi connectivity index (χ0v) is 10.6. The second kappa shape index (κ2) is 5.80. The van der Waals surface area contributed by atoms with Crippen LogP contribution < -0.4 is 5.73 Å². The first-order valence-corrected chi connectivity index (χ1v) is 5.83. The number of likely N-dealkylation sites (N-methyl/N-ethyl adjacent to an activating group) is 2. The van der Waals surface area contributed by atoms with E-state index in [0.29, 0.717) is 12.1 Å². The molecule has 4 heteroatoms. The van der Waals surface area contributed by atoms with Crippen molar-refractivity contribution in [3.05, 3.63) is 0 Å². The van der Waals surface area contributed by atoms with Crippen molar-refractivity contribution in [1.29, 1.82) is 0 Å². The van der Waals surface area contributed by atoms with E-state index >= 15 is 0 Å². The molecule has 2 N–H and O–H groups in total. The maximum atomic E-state index is 5.76. The molecule has 0 aromatic carbocycles. The number of hydrogen-bond donors (Lipinski definition) is 1. The maximum absolute atomic E-state index is 5.76. The minimum Gasteiger partial charge on any atom is -0.329 e. The van der Waals surface area contributed by atoms with E-state index in [0.717, 1.165) is 32.7 Å². The lowest BCUT2D eigenvalue weighted by Crippen LogP contribution is -2.59. The summed E-state index contributed by atoms with van der Waals surface area (Å²) in [5, 5.41) is 0. The first-order chi connectivity index (χ1) is 7.04. The SMILES string of the molecule is CC(CN)N1CCN(C)CC1CN(C)C. The second-order valence-corrected chi connectivity index (χ2v) is 5.00. The minimum atomic E-state index is 0.503. The first-order valence-electron chi connectivity index (χ1n) is 5.83. The van der Waals surface area contributed by atoms with Gasteiger partial charge in [0.05, 0.1) is 0 Å². The van der Waals surface area contributed by atoms with Gasteiger partial charge in [0.15, 0.2) is 0 Å². The third kappa shape index (κ3) is 3.72. The van der Waals surface area contributed by atoms with E-state index in [4.69, 9.17) is 5.73 Å². The van der Waals surface area contributed by atoms with Gasteiger partial charge in [0.1, 0.15) is 0 Å². The van der Waals surface area contributed by atoms with Gasteiger partial charge >= 0.3 is 0 Å². The smallest absolute Gasteiger partial charge is 0.0353 e. The van der Waals surface area contributed by atoms with Crippen LogP contribution in [0.3, 0.4) is 0 Å². The van der Waals surface area contributed by atoms with E-state index in [1.54, 1.807) is 0 Å². The van der Waals surface area contributed by atoms with Crippen molar-refractivity contribution >= 4 is 0 Å². The average molecular weight is 214 g/mol. The van der Waals surface area contributed by atoms with Crippen LogP contribution >= 0.6 is 0 Å². The van der Waals surface area contributed by atoms with Gasteiger partial charge in [0, 0.05) is 44.8 Å². The molecule has 0 aromatic heterocycles. The molecule has 0 radical (unpaired) electrons. The number of rotatable bonds is 4. The molecule has 1 aliphatic rings. The fourth-order valence-electron chi connectivity index (χ4n) is 2.32. The lowest BCUT2D eigenvalue weighted by molar-refractivity contribution is 0.0470. The molecule has 1 saturated heterocycles. The number of nitrogens with two attached hydrogens (primary N) is 1.